The number of benzene rings is 3. The molecule has 1 saturated carbocycles. The Morgan fingerprint density at radius 3 is 2.08 bits per heavy atom. The van der Waals surface area contributed by atoms with E-state index in [1.807, 2.05) is 12.1 Å². The molecule has 0 radical (unpaired) electrons. The molecular weight excluding hydrogens is 448 g/mol. The zero-order chi connectivity index (χ0) is 27.4. The first-order valence-electron chi connectivity index (χ1n) is 13.2. The summed E-state index contributed by atoms with van der Waals surface area (Å²) in [6.45, 7) is 15.3. The van der Waals surface area contributed by atoms with E-state index in [1.165, 1.54) is 52.6 Å². The highest BCUT2D eigenvalue weighted by Gasteiger charge is 2.43. The molecule has 0 aromatic heterocycles. The van der Waals surface area contributed by atoms with Gasteiger partial charge in [0.2, 0.25) is 0 Å². The Hall–Kier alpha value is -3.75. The summed E-state index contributed by atoms with van der Waals surface area (Å²) in [5, 5.41) is 12.4. The Morgan fingerprint density at radius 2 is 1.57 bits per heavy atom. The van der Waals surface area contributed by atoms with E-state index in [0.717, 1.165) is 17.7 Å². The third-order valence-electron chi connectivity index (χ3n) is 7.44. The third kappa shape index (κ3) is 7.87. The Bertz CT molecular complexity index is 1200. The SMILES string of the molecule is C#C.C=C(NC(C)c1ccc(CC#N)cc1)c1cccc(C2(CC)CC2)c1C.CCc1ccc(C)cc1. The highest BCUT2D eigenvalue weighted by Crippen LogP contribution is 2.52. The van der Waals surface area contributed by atoms with Crippen molar-refractivity contribution in [1.29, 1.82) is 5.26 Å². The van der Waals surface area contributed by atoms with Crippen molar-refractivity contribution in [3.8, 4) is 18.9 Å². The largest absolute Gasteiger partial charge is 0.379 e. The maximum absolute atomic E-state index is 8.80. The molecule has 2 heteroatoms. The molecule has 0 saturated heterocycles. The van der Waals surface area contributed by atoms with Crippen LogP contribution in [0.25, 0.3) is 5.70 Å². The molecule has 4 rings (SSSR count). The van der Waals surface area contributed by atoms with Gasteiger partial charge in [0.05, 0.1) is 12.5 Å². The van der Waals surface area contributed by atoms with E-state index in [2.05, 4.69) is 120 Å². The van der Waals surface area contributed by atoms with Crippen molar-refractivity contribution in [1.82, 2.24) is 5.32 Å². The van der Waals surface area contributed by atoms with Gasteiger partial charge < -0.3 is 5.32 Å². The first kappa shape index (κ1) is 29.5. The Balaban J connectivity index is 0.000000367. The van der Waals surface area contributed by atoms with Gasteiger partial charge in [-0.05, 0) is 79.7 Å². The van der Waals surface area contributed by atoms with E-state index in [9.17, 15) is 0 Å². The summed E-state index contributed by atoms with van der Waals surface area (Å²) in [7, 11) is 0. The molecule has 1 unspecified atom stereocenters. The molecular formula is C35H42N2. The zero-order valence-electron chi connectivity index (χ0n) is 23.3. The highest BCUT2D eigenvalue weighted by molar-refractivity contribution is 5.67. The number of hydrogen-bond donors (Lipinski definition) is 1. The molecule has 1 atom stereocenters. The van der Waals surface area contributed by atoms with Crippen LogP contribution < -0.4 is 5.32 Å². The third-order valence-corrected chi connectivity index (χ3v) is 7.44. The van der Waals surface area contributed by atoms with E-state index in [0.29, 0.717) is 11.8 Å². The predicted octanol–water partition coefficient (Wildman–Crippen LogP) is 8.63. The van der Waals surface area contributed by atoms with Crippen LogP contribution in [0, 0.1) is 38.0 Å². The van der Waals surface area contributed by atoms with Crippen molar-refractivity contribution in [3.63, 3.8) is 0 Å². The van der Waals surface area contributed by atoms with E-state index in [-0.39, 0.29) is 6.04 Å². The van der Waals surface area contributed by atoms with Crippen molar-refractivity contribution in [2.24, 2.45) is 0 Å². The first-order chi connectivity index (χ1) is 17.8. The number of terminal acetylenes is 1. The maximum Gasteiger partial charge on any atom is 0.0669 e. The van der Waals surface area contributed by atoms with Gasteiger partial charge >= 0.3 is 0 Å². The van der Waals surface area contributed by atoms with Gasteiger partial charge in [-0.15, -0.1) is 12.8 Å². The monoisotopic (exact) mass is 490 g/mol. The second-order valence-electron chi connectivity index (χ2n) is 9.87. The fourth-order valence-electron chi connectivity index (χ4n) is 4.76. The minimum Gasteiger partial charge on any atom is -0.379 e. The maximum atomic E-state index is 8.80. The van der Waals surface area contributed by atoms with Gasteiger partial charge in [0.25, 0.3) is 0 Å². The van der Waals surface area contributed by atoms with Crippen LogP contribution in [0.1, 0.15) is 85.0 Å². The first-order valence-corrected chi connectivity index (χ1v) is 13.2. The molecule has 3 aromatic carbocycles. The lowest BCUT2D eigenvalue weighted by Gasteiger charge is -2.23. The van der Waals surface area contributed by atoms with Crippen molar-refractivity contribution < 1.29 is 0 Å². The van der Waals surface area contributed by atoms with Crippen LogP contribution >= 0.6 is 0 Å². The van der Waals surface area contributed by atoms with Gasteiger partial charge in [-0.1, -0.05) is 92.7 Å². The number of nitriles is 1. The smallest absolute Gasteiger partial charge is 0.0669 e. The van der Waals surface area contributed by atoms with Gasteiger partial charge in [0.1, 0.15) is 0 Å². The summed E-state index contributed by atoms with van der Waals surface area (Å²) < 4.78 is 0. The second-order valence-corrected chi connectivity index (χ2v) is 9.87. The van der Waals surface area contributed by atoms with Gasteiger partial charge in [-0.2, -0.15) is 5.26 Å². The van der Waals surface area contributed by atoms with Crippen LogP contribution in [0.2, 0.25) is 0 Å². The highest BCUT2D eigenvalue weighted by atomic mass is 14.9. The predicted molar refractivity (Wildman–Crippen MR) is 159 cm³/mol. The van der Waals surface area contributed by atoms with Crippen LogP contribution in [-0.2, 0) is 18.3 Å². The van der Waals surface area contributed by atoms with E-state index >= 15 is 0 Å². The normalized spacial score (nSPS) is 13.5. The summed E-state index contributed by atoms with van der Waals surface area (Å²) in [6.07, 6.45) is 13.4. The molecule has 1 aliphatic carbocycles. The van der Waals surface area contributed by atoms with Crippen LogP contribution in [0.15, 0.2) is 73.3 Å². The summed E-state index contributed by atoms with van der Waals surface area (Å²) in [5.74, 6) is 0. The van der Waals surface area contributed by atoms with Crippen LogP contribution in [0.5, 0.6) is 0 Å². The van der Waals surface area contributed by atoms with Gasteiger partial charge in [0, 0.05) is 17.3 Å². The molecule has 0 amide bonds. The Morgan fingerprint density at radius 1 is 0.973 bits per heavy atom. The van der Waals surface area contributed by atoms with Crippen molar-refractivity contribution in [2.45, 2.75) is 78.2 Å². The van der Waals surface area contributed by atoms with E-state index in [4.69, 9.17) is 5.26 Å². The summed E-state index contributed by atoms with van der Waals surface area (Å²) in [5.41, 5.74) is 10.5. The Kier molecular flexibility index (Phi) is 11.2. The molecule has 2 nitrogen and oxygen atoms in total. The topological polar surface area (TPSA) is 35.8 Å². The van der Waals surface area contributed by atoms with Crippen molar-refractivity contribution in [3.05, 3.63) is 112 Å². The number of nitrogens with zero attached hydrogens (tertiary/aromatic N) is 1. The summed E-state index contributed by atoms with van der Waals surface area (Å²) in [6, 6.07) is 25.9. The number of rotatable bonds is 8. The molecule has 1 N–H and O–H groups in total. The number of aryl methyl sites for hydroxylation is 2. The fraction of sp³-hybridized carbons (Fsp3) is 0.343. The molecule has 0 aliphatic heterocycles. The number of hydrogen-bond acceptors (Lipinski definition) is 2. The second kappa shape index (κ2) is 14.1. The quantitative estimate of drug-likeness (QED) is 0.321. The molecule has 0 spiro atoms. The van der Waals surface area contributed by atoms with E-state index < -0.39 is 0 Å². The van der Waals surface area contributed by atoms with Gasteiger partial charge in [-0.25, -0.2) is 0 Å². The Labute approximate surface area is 225 Å². The van der Waals surface area contributed by atoms with Crippen molar-refractivity contribution in [2.75, 3.05) is 0 Å². The standard InChI is InChI=1S/C24H28N2.C9H12.C2H2/c1-5-24(14-15-24)23-8-6-7-22(17(23)2)19(4)26-18(3)21-11-9-20(10-12-21)13-16-25;1-3-9-6-4-8(2)5-7-9;1-2/h6-12,18,26H,4-5,13-15H2,1-3H3;4-7H,3H2,1-2H3;1-2H. The molecule has 192 valence electrons. The van der Waals surface area contributed by atoms with Crippen LogP contribution in [0.4, 0.5) is 0 Å². The minimum absolute atomic E-state index is 0.169. The molecule has 3 aromatic rings. The molecule has 37 heavy (non-hydrogen) atoms. The van der Waals surface area contributed by atoms with Crippen LogP contribution in [0.3, 0.4) is 0 Å². The molecule has 0 heterocycles. The lowest BCUT2D eigenvalue weighted by atomic mass is 9.87. The number of nitrogens with one attached hydrogen (secondary N) is 1. The average molecular weight is 491 g/mol. The van der Waals surface area contributed by atoms with E-state index in [1.54, 1.807) is 0 Å². The van der Waals surface area contributed by atoms with Gasteiger partial charge in [0.15, 0.2) is 0 Å². The minimum atomic E-state index is 0.169. The lowest BCUT2D eigenvalue weighted by molar-refractivity contribution is 0.658. The van der Waals surface area contributed by atoms with Crippen molar-refractivity contribution >= 4 is 5.70 Å². The van der Waals surface area contributed by atoms with Crippen LogP contribution in [-0.4, -0.2) is 0 Å². The summed E-state index contributed by atoms with van der Waals surface area (Å²) in [4.78, 5) is 0. The zero-order valence-corrected chi connectivity index (χ0v) is 23.3. The van der Waals surface area contributed by atoms with Gasteiger partial charge in [-0.3, -0.25) is 0 Å². The summed E-state index contributed by atoms with van der Waals surface area (Å²) >= 11 is 0. The average Bonchev–Trinajstić information content (AvgIpc) is 3.72. The molecule has 0 bridgehead atoms. The lowest BCUT2D eigenvalue weighted by Crippen LogP contribution is -2.18. The fourth-order valence-corrected chi connectivity index (χ4v) is 4.76. The molecule has 1 fully saturated rings. The molecule has 1 aliphatic rings.